The van der Waals surface area contributed by atoms with Crippen LogP contribution in [0.2, 0.25) is 0 Å². The number of aliphatic hydroxyl groups excluding tert-OH is 1. The summed E-state index contributed by atoms with van der Waals surface area (Å²) in [4.78, 5) is 7.82. The van der Waals surface area contributed by atoms with Crippen LogP contribution in [-0.4, -0.2) is 28.8 Å². The molecule has 2 aromatic rings. The fourth-order valence-electron chi connectivity index (χ4n) is 1.94. The van der Waals surface area contributed by atoms with Crippen molar-refractivity contribution in [3.05, 3.63) is 35.8 Å². The molecule has 0 atom stereocenters. The predicted molar refractivity (Wildman–Crippen MR) is 70.7 cm³/mol. The molecule has 0 aliphatic rings. The van der Waals surface area contributed by atoms with Crippen molar-refractivity contribution in [3.8, 4) is 17.0 Å². The minimum Gasteiger partial charge on any atom is -0.497 e. The van der Waals surface area contributed by atoms with Crippen molar-refractivity contribution in [1.29, 1.82) is 0 Å². The van der Waals surface area contributed by atoms with Crippen molar-refractivity contribution in [2.24, 2.45) is 0 Å². The number of aromatic nitrogens is 2. The summed E-state index contributed by atoms with van der Waals surface area (Å²) < 4.78 is 5.22. The minimum absolute atomic E-state index is 0.189. The Hall–Kier alpha value is -1.81. The summed E-state index contributed by atoms with van der Waals surface area (Å²) in [6, 6.07) is 7.86. The fraction of sp³-hybridized carbons (Fsp3) is 0.357. The Bertz CT molecular complexity index is 520. The number of rotatable bonds is 5. The molecule has 0 radical (unpaired) electrons. The number of nitrogens with zero attached hydrogens (tertiary/aromatic N) is 1. The third kappa shape index (κ3) is 2.71. The molecule has 2 rings (SSSR count). The highest BCUT2D eigenvalue weighted by Gasteiger charge is 2.09. The Morgan fingerprint density at radius 1 is 1.39 bits per heavy atom. The molecule has 1 aromatic heterocycles. The number of ether oxygens (including phenoxy) is 1. The maximum Gasteiger partial charge on any atom is 0.119 e. The number of aryl methyl sites for hydroxylation is 2. The van der Waals surface area contributed by atoms with Gasteiger partial charge in [-0.05, 0) is 25.5 Å². The van der Waals surface area contributed by atoms with Crippen molar-refractivity contribution in [2.45, 2.75) is 19.8 Å². The van der Waals surface area contributed by atoms with E-state index in [1.807, 2.05) is 31.2 Å². The zero-order valence-electron chi connectivity index (χ0n) is 10.7. The zero-order chi connectivity index (χ0) is 13.0. The summed E-state index contributed by atoms with van der Waals surface area (Å²) in [6.07, 6.45) is 1.49. The second kappa shape index (κ2) is 5.69. The molecule has 0 spiro atoms. The number of hydrogen-bond acceptors (Lipinski definition) is 3. The van der Waals surface area contributed by atoms with Gasteiger partial charge < -0.3 is 14.8 Å². The molecule has 0 saturated heterocycles. The van der Waals surface area contributed by atoms with Crippen LogP contribution in [0.3, 0.4) is 0 Å². The van der Waals surface area contributed by atoms with E-state index >= 15 is 0 Å². The second-order valence-corrected chi connectivity index (χ2v) is 4.22. The lowest BCUT2D eigenvalue weighted by Crippen LogP contribution is -1.91. The summed E-state index contributed by atoms with van der Waals surface area (Å²) in [5.41, 5.74) is 3.02. The van der Waals surface area contributed by atoms with Crippen LogP contribution in [0.5, 0.6) is 5.75 Å². The molecule has 0 aliphatic carbocycles. The average molecular weight is 246 g/mol. The van der Waals surface area contributed by atoms with Crippen molar-refractivity contribution in [1.82, 2.24) is 9.97 Å². The Morgan fingerprint density at radius 3 is 2.94 bits per heavy atom. The van der Waals surface area contributed by atoms with Gasteiger partial charge in [-0.25, -0.2) is 4.98 Å². The normalized spacial score (nSPS) is 10.6. The van der Waals surface area contributed by atoms with Crippen LogP contribution in [-0.2, 0) is 6.42 Å². The first-order valence-electron chi connectivity index (χ1n) is 6.05. The molecular formula is C14H18N2O2. The van der Waals surface area contributed by atoms with Gasteiger partial charge in [-0.2, -0.15) is 0 Å². The van der Waals surface area contributed by atoms with E-state index in [0.29, 0.717) is 0 Å². The number of aliphatic hydroxyl groups is 1. The number of nitrogens with one attached hydrogen (secondary N) is 1. The van der Waals surface area contributed by atoms with Crippen molar-refractivity contribution >= 4 is 0 Å². The number of imidazole rings is 1. The van der Waals surface area contributed by atoms with Crippen LogP contribution in [0.4, 0.5) is 0 Å². The number of hydrogen-bond donors (Lipinski definition) is 2. The highest BCUT2D eigenvalue weighted by molar-refractivity contribution is 5.63. The third-order valence-electron chi connectivity index (χ3n) is 2.85. The maximum atomic E-state index is 8.83. The Labute approximate surface area is 107 Å². The first kappa shape index (κ1) is 12.6. The van der Waals surface area contributed by atoms with Gasteiger partial charge in [-0.1, -0.05) is 12.1 Å². The van der Waals surface area contributed by atoms with Crippen molar-refractivity contribution in [2.75, 3.05) is 13.7 Å². The van der Waals surface area contributed by atoms with Crippen LogP contribution < -0.4 is 4.74 Å². The largest absolute Gasteiger partial charge is 0.497 e. The summed E-state index contributed by atoms with van der Waals surface area (Å²) in [7, 11) is 1.66. The van der Waals surface area contributed by atoms with Crippen LogP contribution in [0, 0.1) is 6.92 Å². The molecule has 0 fully saturated rings. The Morgan fingerprint density at radius 2 is 2.22 bits per heavy atom. The summed E-state index contributed by atoms with van der Waals surface area (Å²) in [5.74, 6) is 1.74. The van der Waals surface area contributed by atoms with E-state index in [-0.39, 0.29) is 6.61 Å². The number of H-pyrrole nitrogens is 1. The van der Waals surface area contributed by atoms with Gasteiger partial charge in [0, 0.05) is 24.3 Å². The molecule has 18 heavy (non-hydrogen) atoms. The lowest BCUT2D eigenvalue weighted by Gasteiger charge is -2.02. The number of benzene rings is 1. The van der Waals surface area contributed by atoms with E-state index in [1.54, 1.807) is 7.11 Å². The summed E-state index contributed by atoms with van der Waals surface area (Å²) in [5, 5.41) is 8.83. The lowest BCUT2D eigenvalue weighted by atomic mass is 10.1. The molecule has 4 nitrogen and oxygen atoms in total. The average Bonchev–Trinajstić information content (AvgIpc) is 2.77. The van der Waals surface area contributed by atoms with Gasteiger partial charge in [0.1, 0.15) is 11.6 Å². The van der Waals surface area contributed by atoms with E-state index in [9.17, 15) is 0 Å². The summed E-state index contributed by atoms with van der Waals surface area (Å²) >= 11 is 0. The van der Waals surface area contributed by atoms with Gasteiger partial charge in [0.2, 0.25) is 0 Å². The molecule has 0 unspecified atom stereocenters. The minimum atomic E-state index is 0.189. The number of methoxy groups -OCH3 is 1. The third-order valence-corrected chi connectivity index (χ3v) is 2.85. The first-order chi connectivity index (χ1) is 8.74. The quantitative estimate of drug-likeness (QED) is 0.851. The van der Waals surface area contributed by atoms with Gasteiger partial charge in [-0.3, -0.25) is 0 Å². The number of aromatic amines is 1. The SMILES string of the molecule is COc1cccc(-c2nc(CCCO)[nH]c2C)c1. The van der Waals surface area contributed by atoms with Crippen LogP contribution >= 0.6 is 0 Å². The molecule has 4 heteroatoms. The molecule has 96 valence electrons. The second-order valence-electron chi connectivity index (χ2n) is 4.22. The van der Waals surface area contributed by atoms with E-state index in [4.69, 9.17) is 9.84 Å². The van der Waals surface area contributed by atoms with Gasteiger partial charge in [0.25, 0.3) is 0 Å². The first-order valence-corrected chi connectivity index (χ1v) is 6.05. The van der Waals surface area contributed by atoms with Crippen molar-refractivity contribution in [3.63, 3.8) is 0 Å². The van der Waals surface area contributed by atoms with Crippen molar-refractivity contribution < 1.29 is 9.84 Å². The van der Waals surface area contributed by atoms with E-state index in [2.05, 4.69) is 9.97 Å². The summed E-state index contributed by atoms with van der Waals surface area (Å²) in [6.45, 7) is 2.19. The molecule has 0 saturated carbocycles. The smallest absolute Gasteiger partial charge is 0.119 e. The molecule has 0 aliphatic heterocycles. The predicted octanol–water partition coefficient (Wildman–Crippen LogP) is 2.32. The molecule has 0 amide bonds. The fourth-order valence-corrected chi connectivity index (χ4v) is 1.94. The van der Waals surface area contributed by atoms with E-state index in [1.165, 1.54) is 0 Å². The van der Waals surface area contributed by atoms with Gasteiger partial charge in [0.15, 0.2) is 0 Å². The maximum absolute atomic E-state index is 8.83. The van der Waals surface area contributed by atoms with Gasteiger partial charge in [0.05, 0.1) is 12.8 Å². The van der Waals surface area contributed by atoms with Gasteiger partial charge >= 0.3 is 0 Å². The molecule has 1 heterocycles. The topological polar surface area (TPSA) is 58.1 Å². The van der Waals surface area contributed by atoms with Crippen LogP contribution in [0.25, 0.3) is 11.3 Å². The molecular weight excluding hydrogens is 228 g/mol. The zero-order valence-corrected chi connectivity index (χ0v) is 10.7. The van der Waals surface area contributed by atoms with E-state index in [0.717, 1.165) is 41.4 Å². The standard InChI is InChI=1S/C14H18N2O2/c1-10-14(16-13(15-10)7-4-8-17)11-5-3-6-12(9-11)18-2/h3,5-6,9,17H,4,7-8H2,1-2H3,(H,15,16). The monoisotopic (exact) mass is 246 g/mol. The highest BCUT2D eigenvalue weighted by atomic mass is 16.5. The Kier molecular flexibility index (Phi) is 3.99. The molecule has 2 N–H and O–H groups in total. The highest BCUT2D eigenvalue weighted by Crippen LogP contribution is 2.25. The lowest BCUT2D eigenvalue weighted by molar-refractivity contribution is 0.287. The van der Waals surface area contributed by atoms with Gasteiger partial charge in [-0.15, -0.1) is 0 Å². The molecule has 0 bridgehead atoms. The van der Waals surface area contributed by atoms with Crippen LogP contribution in [0.1, 0.15) is 17.9 Å². The van der Waals surface area contributed by atoms with E-state index < -0.39 is 0 Å². The Balaban J connectivity index is 2.29. The molecule has 1 aromatic carbocycles. The van der Waals surface area contributed by atoms with Crippen LogP contribution in [0.15, 0.2) is 24.3 Å².